The van der Waals surface area contributed by atoms with E-state index in [2.05, 4.69) is 20.8 Å². The van der Waals surface area contributed by atoms with Crippen molar-refractivity contribution in [3.05, 3.63) is 0 Å². The van der Waals surface area contributed by atoms with Gasteiger partial charge in [0.15, 0.2) is 0 Å². The summed E-state index contributed by atoms with van der Waals surface area (Å²) >= 11 is 0. The first-order valence-electron chi connectivity index (χ1n) is 6.62. The minimum Gasteiger partial charge on any atom is -0.299 e. The van der Waals surface area contributed by atoms with Gasteiger partial charge in [0.2, 0.25) is 0 Å². The van der Waals surface area contributed by atoms with Crippen LogP contribution in [0.1, 0.15) is 59.3 Å². The Balaban J connectivity index is 2.21. The van der Waals surface area contributed by atoms with Crippen molar-refractivity contribution < 1.29 is 4.79 Å². The lowest BCUT2D eigenvalue weighted by Gasteiger charge is -2.42. The van der Waals surface area contributed by atoms with Crippen molar-refractivity contribution >= 4 is 5.78 Å². The minimum atomic E-state index is 0.352. The average molecular weight is 208 g/mol. The van der Waals surface area contributed by atoms with Crippen LogP contribution in [-0.4, -0.2) is 5.78 Å². The first kappa shape index (κ1) is 11.2. The number of hydrogen-bond acceptors (Lipinski definition) is 1. The van der Waals surface area contributed by atoms with Crippen molar-refractivity contribution in [1.29, 1.82) is 0 Å². The molecule has 2 aliphatic carbocycles. The lowest BCUT2D eigenvalue weighted by molar-refractivity contribution is -0.130. The molecule has 0 amide bonds. The van der Waals surface area contributed by atoms with Gasteiger partial charge >= 0.3 is 0 Å². The third-order valence-electron chi connectivity index (χ3n) is 5.27. The van der Waals surface area contributed by atoms with E-state index >= 15 is 0 Å². The molecule has 0 bridgehead atoms. The van der Waals surface area contributed by atoms with Crippen LogP contribution in [0.15, 0.2) is 0 Å². The molecule has 0 aliphatic heterocycles. The molecule has 0 aromatic heterocycles. The zero-order chi connectivity index (χ0) is 11.1. The Morgan fingerprint density at radius 1 is 1.47 bits per heavy atom. The third kappa shape index (κ3) is 1.64. The molecule has 0 spiro atoms. The number of rotatable bonds is 2. The number of hydrogen-bond donors (Lipinski definition) is 0. The van der Waals surface area contributed by atoms with Gasteiger partial charge in [0.1, 0.15) is 5.78 Å². The fourth-order valence-corrected chi connectivity index (χ4v) is 4.19. The molecule has 2 unspecified atom stereocenters. The monoisotopic (exact) mass is 208 g/mol. The summed E-state index contributed by atoms with van der Waals surface area (Å²) in [6.07, 6.45) is 7.01. The maximum atomic E-state index is 11.9. The Morgan fingerprint density at radius 2 is 2.20 bits per heavy atom. The zero-order valence-corrected chi connectivity index (χ0v) is 10.4. The molecule has 0 aromatic carbocycles. The van der Waals surface area contributed by atoms with E-state index in [1.54, 1.807) is 0 Å². The SMILES string of the molecule is CC[C@H](C)C1CCC2C(=O)CCC[C@@]21C. The standard InChI is InChI=1S/C14H24O/c1-4-10(2)11-7-8-12-13(15)6-5-9-14(11,12)3/h10-12H,4-9H2,1-3H3/t10-,11?,12?,14+/m0/s1. The highest BCUT2D eigenvalue weighted by Crippen LogP contribution is 2.56. The van der Waals surface area contributed by atoms with Crippen LogP contribution < -0.4 is 0 Å². The molecule has 2 fully saturated rings. The van der Waals surface area contributed by atoms with E-state index < -0.39 is 0 Å². The maximum Gasteiger partial charge on any atom is 0.136 e. The molecular weight excluding hydrogens is 184 g/mol. The van der Waals surface area contributed by atoms with Crippen molar-refractivity contribution in [2.75, 3.05) is 0 Å². The smallest absolute Gasteiger partial charge is 0.136 e. The largest absolute Gasteiger partial charge is 0.299 e. The Morgan fingerprint density at radius 3 is 2.87 bits per heavy atom. The molecule has 2 aliphatic rings. The van der Waals surface area contributed by atoms with E-state index in [-0.39, 0.29) is 0 Å². The number of carbonyl (C=O) groups excluding carboxylic acids is 1. The van der Waals surface area contributed by atoms with Gasteiger partial charge in [0.25, 0.3) is 0 Å². The Labute approximate surface area is 93.6 Å². The number of carbonyl (C=O) groups is 1. The molecule has 0 radical (unpaired) electrons. The normalized spacial score (nSPS) is 42.7. The molecule has 4 atom stereocenters. The molecule has 2 rings (SSSR count). The molecule has 0 N–H and O–H groups in total. The second-order valence-electron chi connectivity index (χ2n) is 5.95. The molecule has 15 heavy (non-hydrogen) atoms. The van der Waals surface area contributed by atoms with Gasteiger partial charge in [0, 0.05) is 12.3 Å². The summed E-state index contributed by atoms with van der Waals surface area (Å²) in [7, 11) is 0. The van der Waals surface area contributed by atoms with Crippen molar-refractivity contribution in [1.82, 2.24) is 0 Å². The summed E-state index contributed by atoms with van der Waals surface area (Å²) in [5, 5.41) is 0. The van der Waals surface area contributed by atoms with Gasteiger partial charge in [-0.05, 0) is 42.9 Å². The lowest BCUT2D eigenvalue weighted by atomic mass is 9.62. The van der Waals surface area contributed by atoms with Crippen molar-refractivity contribution in [3.8, 4) is 0 Å². The number of fused-ring (bicyclic) bond motifs is 1. The van der Waals surface area contributed by atoms with Gasteiger partial charge in [-0.25, -0.2) is 0 Å². The maximum absolute atomic E-state index is 11.9. The van der Waals surface area contributed by atoms with Crippen LogP contribution in [0.4, 0.5) is 0 Å². The van der Waals surface area contributed by atoms with Crippen LogP contribution in [0.2, 0.25) is 0 Å². The minimum absolute atomic E-state index is 0.352. The van der Waals surface area contributed by atoms with Gasteiger partial charge < -0.3 is 0 Å². The Bertz CT molecular complexity index is 258. The molecular formula is C14H24O. The summed E-state index contributed by atoms with van der Waals surface area (Å²) in [6.45, 7) is 7.04. The van der Waals surface area contributed by atoms with Gasteiger partial charge in [-0.15, -0.1) is 0 Å². The van der Waals surface area contributed by atoms with E-state index in [0.717, 1.165) is 24.7 Å². The fourth-order valence-electron chi connectivity index (χ4n) is 4.19. The van der Waals surface area contributed by atoms with E-state index in [0.29, 0.717) is 17.1 Å². The van der Waals surface area contributed by atoms with Crippen LogP contribution in [-0.2, 0) is 4.79 Å². The quantitative estimate of drug-likeness (QED) is 0.674. The van der Waals surface area contributed by atoms with Gasteiger partial charge in [-0.3, -0.25) is 4.79 Å². The molecule has 0 aromatic rings. The van der Waals surface area contributed by atoms with E-state index in [1.807, 2.05) is 0 Å². The van der Waals surface area contributed by atoms with Crippen LogP contribution in [0, 0.1) is 23.2 Å². The highest BCUT2D eigenvalue weighted by Gasteiger charge is 2.51. The summed E-state index contributed by atoms with van der Waals surface area (Å²) in [4.78, 5) is 11.9. The zero-order valence-electron chi connectivity index (χ0n) is 10.4. The third-order valence-corrected chi connectivity index (χ3v) is 5.27. The summed E-state index contributed by atoms with van der Waals surface area (Å²) in [6, 6.07) is 0. The van der Waals surface area contributed by atoms with Crippen molar-refractivity contribution in [2.45, 2.75) is 59.3 Å². The van der Waals surface area contributed by atoms with Crippen molar-refractivity contribution in [3.63, 3.8) is 0 Å². The van der Waals surface area contributed by atoms with Crippen LogP contribution >= 0.6 is 0 Å². The van der Waals surface area contributed by atoms with Crippen molar-refractivity contribution in [2.24, 2.45) is 23.2 Å². The second-order valence-corrected chi connectivity index (χ2v) is 5.95. The Kier molecular flexibility index (Phi) is 2.92. The highest BCUT2D eigenvalue weighted by molar-refractivity contribution is 5.83. The molecule has 1 heteroatoms. The summed E-state index contributed by atoms with van der Waals surface area (Å²) in [5.41, 5.74) is 0.352. The summed E-state index contributed by atoms with van der Waals surface area (Å²) in [5.74, 6) is 2.57. The van der Waals surface area contributed by atoms with Gasteiger partial charge in [0.05, 0.1) is 0 Å². The van der Waals surface area contributed by atoms with Gasteiger partial charge in [-0.1, -0.05) is 27.2 Å². The number of ketones is 1. The van der Waals surface area contributed by atoms with Crippen LogP contribution in [0.25, 0.3) is 0 Å². The van der Waals surface area contributed by atoms with Crippen LogP contribution in [0.3, 0.4) is 0 Å². The van der Waals surface area contributed by atoms with E-state index in [1.165, 1.54) is 25.7 Å². The highest BCUT2D eigenvalue weighted by atomic mass is 16.1. The predicted octanol–water partition coefficient (Wildman–Crippen LogP) is 3.82. The number of Topliss-reactive ketones (excluding diaryl/α,β-unsaturated/α-hetero) is 1. The molecule has 0 heterocycles. The average Bonchev–Trinajstić information content (AvgIpc) is 2.56. The van der Waals surface area contributed by atoms with Gasteiger partial charge in [-0.2, -0.15) is 0 Å². The molecule has 2 saturated carbocycles. The predicted molar refractivity (Wildman–Crippen MR) is 62.6 cm³/mol. The lowest BCUT2D eigenvalue weighted by Crippen LogP contribution is -2.39. The molecule has 86 valence electrons. The second kappa shape index (κ2) is 3.92. The van der Waals surface area contributed by atoms with E-state index in [4.69, 9.17) is 0 Å². The fraction of sp³-hybridized carbons (Fsp3) is 0.929. The molecule has 1 nitrogen and oxygen atoms in total. The Hall–Kier alpha value is -0.330. The topological polar surface area (TPSA) is 17.1 Å². The van der Waals surface area contributed by atoms with E-state index in [9.17, 15) is 4.79 Å². The first-order chi connectivity index (χ1) is 7.09. The van der Waals surface area contributed by atoms with Crippen LogP contribution in [0.5, 0.6) is 0 Å². The summed E-state index contributed by atoms with van der Waals surface area (Å²) < 4.78 is 0. The first-order valence-corrected chi connectivity index (χ1v) is 6.62. The molecule has 0 saturated heterocycles.